The van der Waals surface area contributed by atoms with Crippen LogP contribution < -0.4 is 5.32 Å². The van der Waals surface area contributed by atoms with E-state index in [0.717, 1.165) is 5.69 Å². The maximum atomic E-state index is 11.8. The standard InChI is InChI=1S/C24H16N6O3/c31-15-17-14-29(28-22(17)16-10-12-19(13-11-16)30(32)33)24-23(25-18-6-2-1-3-7-18)26-20-8-4-5-9-21(20)27-24/h1-15H,(H,25,26). The van der Waals surface area contributed by atoms with E-state index in [2.05, 4.69) is 10.4 Å². The number of hydrogen-bond acceptors (Lipinski definition) is 7. The highest BCUT2D eigenvalue weighted by atomic mass is 16.6. The normalized spacial score (nSPS) is 10.8. The zero-order valence-electron chi connectivity index (χ0n) is 17.1. The number of aromatic nitrogens is 4. The lowest BCUT2D eigenvalue weighted by Gasteiger charge is -2.11. The maximum Gasteiger partial charge on any atom is 0.269 e. The van der Waals surface area contributed by atoms with Crippen molar-refractivity contribution in [1.82, 2.24) is 19.7 Å². The zero-order valence-corrected chi connectivity index (χ0v) is 17.1. The summed E-state index contributed by atoms with van der Waals surface area (Å²) in [4.78, 5) is 31.7. The van der Waals surface area contributed by atoms with Crippen molar-refractivity contribution in [2.45, 2.75) is 0 Å². The summed E-state index contributed by atoms with van der Waals surface area (Å²) in [6.45, 7) is 0. The van der Waals surface area contributed by atoms with Crippen molar-refractivity contribution in [2.75, 3.05) is 5.32 Å². The molecule has 2 heterocycles. The fraction of sp³-hybridized carbons (Fsp3) is 0. The van der Waals surface area contributed by atoms with Crippen LogP contribution in [0.25, 0.3) is 28.1 Å². The smallest absolute Gasteiger partial charge is 0.269 e. The Balaban J connectivity index is 1.64. The van der Waals surface area contributed by atoms with Crippen LogP contribution in [0.5, 0.6) is 0 Å². The molecule has 5 rings (SSSR count). The first-order chi connectivity index (χ1) is 16.1. The summed E-state index contributed by atoms with van der Waals surface area (Å²) < 4.78 is 1.49. The van der Waals surface area contributed by atoms with E-state index < -0.39 is 4.92 Å². The Morgan fingerprint density at radius 1 is 0.879 bits per heavy atom. The number of nitrogens with one attached hydrogen (secondary N) is 1. The van der Waals surface area contributed by atoms with Crippen molar-refractivity contribution in [3.05, 3.63) is 101 Å². The Labute approximate surface area is 187 Å². The Hall–Kier alpha value is -4.92. The van der Waals surface area contributed by atoms with E-state index in [1.807, 2.05) is 54.6 Å². The number of nitrogens with zero attached hydrogens (tertiary/aromatic N) is 5. The number of para-hydroxylation sites is 3. The number of carbonyl (C=O) groups excluding carboxylic acids is 1. The number of nitro benzene ring substituents is 1. The average Bonchev–Trinajstić information content (AvgIpc) is 3.28. The Morgan fingerprint density at radius 2 is 1.55 bits per heavy atom. The molecule has 1 N–H and O–H groups in total. The molecule has 160 valence electrons. The molecule has 0 radical (unpaired) electrons. The Bertz CT molecular complexity index is 1480. The highest BCUT2D eigenvalue weighted by molar-refractivity contribution is 5.86. The molecule has 0 bridgehead atoms. The first-order valence-electron chi connectivity index (χ1n) is 10.0. The van der Waals surface area contributed by atoms with Gasteiger partial charge in [0.1, 0.15) is 5.69 Å². The molecule has 9 heteroatoms. The van der Waals surface area contributed by atoms with Gasteiger partial charge >= 0.3 is 0 Å². The largest absolute Gasteiger partial charge is 0.337 e. The lowest BCUT2D eigenvalue weighted by atomic mass is 10.1. The van der Waals surface area contributed by atoms with Crippen LogP contribution >= 0.6 is 0 Å². The second kappa shape index (κ2) is 8.31. The van der Waals surface area contributed by atoms with Crippen molar-refractivity contribution >= 4 is 34.5 Å². The van der Waals surface area contributed by atoms with Gasteiger partial charge < -0.3 is 5.32 Å². The van der Waals surface area contributed by atoms with Gasteiger partial charge in [0.05, 0.1) is 21.5 Å². The van der Waals surface area contributed by atoms with Crippen LogP contribution in [0.4, 0.5) is 17.2 Å². The average molecular weight is 436 g/mol. The monoisotopic (exact) mass is 436 g/mol. The molecule has 33 heavy (non-hydrogen) atoms. The first-order valence-corrected chi connectivity index (χ1v) is 10.0. The highest BCUT2D eigenvalue weighted by Gasteiger charge is 2.18. The number of nitro groups is 1. The predicted octanol–water partition coefficient (Wildman–Crippen LogP) is 4.95. The van der Waals surface area contributed by atoms with Gasteiger partial charge in [0.25, 0.3) is 5.69 Å². The van der Waals surface area contributed by atoms with Crippen LogP contribution in [0.2, 0.25) is 0 Å². The molecule has 0 atom stereocenters. The third-order valence-corrected chi connectivity index (χ3v) is 5.03. The molecule has 0 unspecified atom stereocenters. The number of fused-ring (bicyclic) bond motifs is 1. The summed E-state index contributed by atoms with van der Waals surface area (Å²) in [7, 11) is 0. The van der Waals surface area contributed by atoms with Crippen LogP contribution in [0, 0.1) is 10.1 Å². The third-order valence-electron chi connectivity index (χ3n) is 5.03. The summed E-state index contributed by atoms with van der Waals surface area (Å²) in [6, 6.07) is 22.9. The van der Waals surface area contributed by atoms with Gasteiger partial charge in [-0.25, -0.2) is 14.6 Å². The molecule has 0 saturated heterocycles. The second-order valence-corrected chi connectivity index (χ2v) is 7.18. The van der Waals surface area contributed by atoms with Crippen molar-refractivity contribution in [3.63, 3.8) is 0 Å². The Kier molecular flexibility index (Phi) is 5.04. The summed E-state index contributed by atoms with van der Waals surface area (Å²) in [6.07, 6.45) is 2.26. The van der Waals surface area contributed by atoms with Gasteiger partial charge in [0.2, 0.25) is 0 Å². The molecule has 0 fully saturated rings. The molecule has 0 aliphatic heterocycles. The van der Waals surface area contributed by atoms with Crippen molar-refractivity contribution in [2.24, 2.45) is 0 Å². The highest BCUT2D eigenvalue weighted by Crippen LogP contribution is 2.28. The van der Waals surface area contributed by atoms with E-state index in [-0.39, 0.29) is 5.69 Å². The molecule has 0 amide bonds. The molecule has 0 saturated carbocycles. The van der Waals surface area contributed by atoms with Gasteiger partial charge in [0, 0.05) is 29.6 Å². The van der Waals surface area contributed by atoms with Crippen molar-refractivity contribution < 1.29 is 9.72 Å². The molecule has 9 nitrogen and oxygen atoms in total. The molecule has 0 aliphatic rings. The minimum Gasteiger partial charge on any atom is -0.337 e. The molecule has 3 aromatic carbocycles. The lowest BCUT2D eigenvalue weighted by Crippen LogP contribution is -2.06. The minimum atomic E-state index is -0.477. The molecular weight excluding hydrogens is 420 g/mol. The van der Waals surface area contributed by atoms with E-state index in [0.29, 0.717) is 45.8 Å². The lowest BCUT2D eigenvalue weighted by molar-refractivity contribution is -0.384. The molecule has 5 aromatic rings. The molecular formula is C24H16N6O3. The van der Waals surface area contributed by atoms with E-state index in [1.165, 1.54) is 16.8 Å². The molecule has 2 aromatic heterocycles. The topological polar surface area (TPSA) is 116 Å². The SMILES string of the molecule is O=Cc1cn(-c2nc3ccccc3nc2Nc2ccccc2)nc1-c1ccc([N+](=O)[O-])cc1. The van der Waals surface area contributed by atoms with E-state index in [9.17, 15) is 14.9 Å². The first kappa shape index (κ1) is 20.0. The molecule has 0 spiro atoms. The van der Waals surface area contributed by atoms with Gasteiger partial charge in [-0.1, -0.05) is 30.3 Å². The van der Waals surface area contributed by atoms with Crippen LogP contribution in [0.3, 0.4) is 0 Å². The number of hydrogen-bond donors (Lipinski definition) is 1. The summed E-state index contributed by atoms with van der Waals surface area (Å²) in [5, 5.41) is 18.8. The van der Waals surface area contributed by atoms with Gasteiger partial charge in [-0.2, -0.15) is 5.10 Å². The number of aldehydes is 1. The fourth-order valence-corrected chi connectivity index (χ4v) is 3.44. The van der Waals surface area contributed by atoms with Gasteiger partial charge in [-0.05, 0) is 36.4 Å². The number of anilines is 2. The number of non-ortho nitro benzene ring substituents is 1. The van der Waals surface area contributed by atoms with E-state index in [4.69, 9.17) is 9.97 Å². The predicted molar refractivity (Wildman–Crippen MR) is 124 cm³/mol. The Morgan fingerprint density at radius 3 is 2.21 bits per heavy atom. The van der Waals surface area contributed by atoms with Crippen LogP contribution in [0.15, 0.2) is 85.1 Å². The van der Waals surface area contributed by atoms with Gasteiger partial charge in [-0.3, -0.25) is 14.9 Å². The van der Waals surface area contributed by atoms with E-state index in [1.54, 1.807) is 18.3 Å². The summed E-state index contributed by atoms with van der Waals surface area (Å²) in [5.74, 6) is 0.879. The molecule has 0 aliphatic carbocycles. The van der Waals surface area contributed by atoms with Crippen molar-refractivity contribution in [1.29, 1.82) is 0 Å². The summed E-state index contributed by atoms with van der Waals surface area (Å²) >= 11 is 0. The van der Waals surface area contributed by atoms with Gasteiger partial charge in [0.15, 0.2) is 17.9 Å². The van der Waals surface area contributed by atoms with Gasteiger partial charge in [-0.15, -0.1) is 0 Å². The second-order valence-electron chi connectivity index (χ2n) is 7.18. The quantitative estimate of drug-likeness (QED) is 0.227. The van der Waals surface area contributed by atoms with Crippen LogP contribution in [0.1, 0.15) is 10.4 Å². The number of rotatable bonds is 6. The number of benzene rings is 3. The zero-order chi connectivity index (χ0) is 22.8. The summed E-state index contributed by atoms with van der Waals surface area (Å²) in [5.41, 5.74) is 3.45. The minimum absolute atomic E-state index is 0.0411. The van der Waals surface area contributed by atoms with Crippen LogP contribution in [-0.2, 0) is 0 Å². The van der Waals surface area contributed by atoms with Crippen molar-refractivity contribution in [3.8, 4) is 17.1 Å². The number of carbonyl (C=O) groups is 1. The van der Waals surface area contributed by atoms with Crippen LogP contribution in [-0.4, -0.2) is 31.0 Å². The fourth-order valence-electron chi connectivity index (χ4n) is 3.44. The maximum absolute atomic E-state index is 11.8. The van der Waals surface area contributed by atoms with E-state index >= 15 is 0 Å². The third kappa shape index (κ3) is 3.90.